The molecule has 0 rings (SSSR count). The van der Waals surface area contributed by atoms with Gasteiger partial charge in [-0.2, -0.15) is 0 Å². The lowest BCUT2D eigenvalue weighted by atomic mass is 10.7. The number of hydrogen-bond acceptors (Lipinski definition) is 2. The first kappa shape index (κ1) is 16.0. The van der Waals surface area contributed by atoms with Gasteiger partial charge >= 0.3 is 0 Å². The fraction of sp³-hybridized carbons (Fsp3) is 1.00. The summed E-state index contributed by atoms with van der Waals surface area (Å²) < 4.78 is 0. The van der Waals surface area contributed by atoms with E-state index in [0.29, 0.717) is 0 Å². The molecule has 0 saturated heterocycles. The van der Waals surface area contributed by atoms with Gasteiger partial charge in [-0.25, -0.2) is 0 Å². The molecule has 0 heterocycles. The largest absolute Gasteiger partial charge is 0.305 e. The molecule has 1 N–H and O–H groups in total. The van der Waals surface area contributed by atoms with E-state index in [9.17, 15) is 0 Å². The molecule has 0 aromatic heterocycles. The highest BCUT2D eigenvalue weighted by Gasteiger charge is 1.81. The number of rotatable bonds is 3. The first-order valence-electron chi connectivity index (χ1n) is 2.62. The van der Waals surface area contributed by atoms with Crippen molar-refractivity contribution in [3.8, 4) is 0 Å². The highest BCUT2D eigenvalue weighted by molar-refractivity contribution is 4.36. The Kier molecular flexibility index (Phi) is 19.2. The van der Waals surface area contributed by atoms with Crippen molar-refractivity contribution in [2.45, 2.75) is 21.8 Å². The smallest absolute Gasteiger partial charge is 0.0474 e. The van der Waals surface area contributed by atoms with Gasteiger partial charge in [-0.3, -0.25) is 4.90 Å². The van der Waals surface area contributed by atoms with Gasteiger partial charge < -0.3 is 5.32 Å². The molecule has 2 heteroatoms. The minimum Gasteiger partial charge on any atom is -0.305 e. The Labute approximate surface area is 60.3 Å². The Morgan fingerprint density at radius 3 is 1.78 bits per heavy atom. The maximum absolute atomic E-state index is 3.17. The van der Waals surface area contributed by atoms with E-state index in [-0.39, 0.29) is 14.9 Å². The van der Waals surface area contributed by atoms with Crippen LogP contribution in [0, 0.1) is 0 Å². The van der Waals surface area contributed by atoms with Crippen molar-refractivity contribution in [3.63, 3.8) is 0 Å². The molecule has 0 aliphatic rings. The van der Waals surface area contributed by atoms with Crippen LogP contribution in [0.4, 0.5) is 0 Å². The van der Waals surface area contributed by atoms with Crippen molar-refractivity contribution in [1.29, 1.82) is 0 Å². The minimum atomic E-state index is 0. The van der Waals surface area contributed by atoms with E-state index >= 15 is 0 Å². The molecule has 0 bridgehead atoms. The average Bonchev–Trinajstić information content (AvgIpc) is 1.61. The average molecular weight is 134 g/mol. The molecule has 60 valence electrons. The van der Waals surface area contributed by atoms with Gasteiger partial charge in [0.25, 0.3) is 0 Å². The van der Waals surface area contributed by atoms with E-state index in [1.54, 1.807) is 0 Å². The molecule has 2 nitrogen and oxygen atoms in total. The molecule has 0 radical (unpaired) electrons. The Hall–Kier alpha value is -0.0800. The van der Waals surface area contributed by atoms with Gasteiger partial charge in [-0.1, -0.05) is 21.8 Å². The van der Waals surface area contributed by atoms with Crippen LogP contribution < -0.4 is 5.32 Å². The van der Waals surface area contributed by atoms with Crippen LogP contribution in [-0.4, -0.2) is 32.2 Å². The van der Waals surface area contributed by atoms with Crippen LogP contribution in [0.25, 0.3) is 0 Å². The van der Waals surface area contributed by atoms with E-state index in [1.165, 1.54) is 0 Å². The van der Waals surface area contributed by atoms with E-state index in [4.69, 9.17) is 0 Å². The monoisotopic (exact) mass is 134 g/mol. The summed E-state index contributed by atoms with van der Waals surface area (Å²) in [6.07, 6.45) is 0. The lowest BCUT2D eigenvalue weighted by Gasteiger charge is -2.07. The summed E-state index contributed by atoms with van der Waals surface area (Å²) in [7, 11) is 4.09. The predicted octanol–water partition coefficient (Wildman–Crippen LogP) is 1.39. The molecule has 9 heavy (non-hydrogen) atoms. The zero-order chi connectivity index (χ0) is 5.70. The minimum absolute atomic E-state index is 0. The molecule has 0 saturated carbocycles. The summed E-state index contributed by atoms with van der Waals surface area (Å²) in [5.41, 5.74) is 0. The fourth-order valence-corrected chi connectivity index (χ4v) is 0.335. The second-order valence-electron chi connectivity index (χ2n) is 1.84. The zero-order valence-corrected chi connectivity index (χ0v) is 5.36. The molecule has 0 spiro atoms. The van der Waals surface area contributed by atoms with Gasteiger partial charge in [0.15, 0.2) is 0 Å². The maximum Gasteiger partial charge on any atom is 0.0474 e. The quantitative estimate of drug-likeness (QED) is 0.587. The van der Waals surface area contributed by atoms with Crippen molar-refractivity contribution >= 4 is 0 Å². The fourth-order valence-electron chi connectivity index (χ4n) is 0.335. The van der Waals surface area contributed by atoms with Crippen LogP contribution in [0.2, 0.25) is 0 Å². The molecule has 0 fully saturated rings. The van der Waals surface area contributed by atoms with Crippen molar-refractivity contribution in [2.24, 2.45) is 0 Å². The topological polar surface area (TPSA) is 15.3 Å². The highest BCUT2D eigenvalue weighted by Crippen LogP contribution is 1.64. The van der Waals surface area contributed by atoms with Gasteiger partial charge in [-0.05, 0) is 20.6 Å². The van der Waals surface area contributed by atoms with E-state index in [2.05, 4.69) is 17.1 Å². The first-order valence-corrected chi connectivity index (χ1v) is 2.62. The van der Waals surface area contributed by atoms with Gasteiger partial charge in [0.05, 0.1) is 0 Å². The summed E-state index contributed by atoms with van der Waals surface area (Å²) >= 11 is 0. The summed E-state index contributed by atoms with van der Waals surface area (Å²) in [5, 5.41) is 3.17. The second kappa shape index (κ2) is 10.8. The van der Waals surface area contributed by atoms with Crippen LogP contribution in [0.5, 0.6) is 0 Å². The summed E-state index contributed by atoms with van der Waals surface area (Å²) in [6, 6.07) is 0. The lowest BCUT2D eigenvalue weighted by molar-refractivity contribution is 0.374. The van der Waals surface area contributed by atoms with Crippen LogP contribution in [0.3, 0.4) is 0 Å². The van der Waals surface area contributed by atoms with Crippen molar-refractivity contribution < 1.29 is 0 Å². The molecule has 0 aromatic carbocycles. The van der Waals surface area contributed by atoms with Crippen molar-refractivity contribution in [3.05, 3.63) is 0 Å². The third-order valence-electron chi connectivity index (χ3n) is 0.678. The Bertz CT molecular complexity index is 35.9. The molecule has 0 aliphatic carbocycles. The van der Waals surface area contributed by atoms with Crippen LogP contribution in [0.15, 0.2) is 0 Å². The molecule has 0 unspecified atom stereocenters. The second-order valence-corrected chi connectivity index (χ2v) is 1.84. The van der Waals surface area contributed by atoms with E-state index in [0.717, 1.165) is 13.2 Å². The normalized spacial score (nSPS) is 8.00. The molecule has 0 aliphatic heterocycles. The Morgan fingerprint density at radius 2 is 1.67 bits per heavy atom. The number of nitrogens with zero attached hydrogens (tertiary/aromatic N) is 1. The van der Waals surface area contributed by atoms with Crippen LogP contribution in [-0.2, 0) is 0 Å². The van der Waals surface area contributed by atoms with Gasteiger partial charge in [-0.15, -0.1) is 0 Å². The zero-order valence-electron chi connectivity index (χ0n) is 5.36. The predicted molar refractivity (Wildman–Crippen MR) is 45.7 cm³/mol. The van der Waals surface area contributed by atoms with Crippen LogP contribution >= 0.6 is 0 Å². The molecular formula is C7H22N2. The van der Waals surface area contributed by atoms with Gasteiger partial charge in [0.1, 0.15) is 0 Å². The molecular weight excluding hydrogens is 112 g/mol. The maximum atomic E-state index is 3.17. The van der Waals surface area contributed by atoms with Gasteiger partial charge in [0, 0.05) is 6.67 Å². The Morgan fingerprint density at radius 1 is 1.22 bits per heavy atom. The SMILES string of the molecule is C.C.CCNCN(C)C. The summed E-state index contributed by atoms with van der Waals surface area (Å²) in [4.78, 5) is 2.10. The highest BCUT2D eigenvalue weighted by atomic mass is 15.2. The van der Waals surface area contributed by atoms with Gasteiger partial charge in [0.2, 0.25) is 0 Å². The van der Waals surface area contributed by atoms with Crippen molar-refractivity contribution in [2.75, 3.05) is 27.3 Å². The Balaban J connectivity index is -0.000000180. The van der Waals surface area contributed by atoms with Crippen molar-refractivity contribution in [1.82, 2.24) is 10.2 Å². The summed E-state index contributed by atoms with van der Waals surface area (Å²) in [6.45, 7) is 4.14. The standard InChI is InChI=1S/C5H14N2.2CH4/c1-4-6-5-7(2)3;;/h6H,4-5H2,1-3H3;2*1H4. The van der Waals surface area contributed by atoms with Crippen LogP contribution in [0.1, 0.15) is 21.8 Å². The number of hydrogen-bond donors (Lipinski definition) is 1. The lowest BCUT2D eigenvalue weighted by Crippen LogP contribution is -2.27. The number of nitrogens with one attached hydrogen (secondary N) is 1. The van der Waals surface area contributed by atoms with E-state index in [1.807, 2.05) is 14.1 Å². The molecule has 0 atom stereocenters. The first-order chi connectivity index (χ1) is 3.27. The molecule has 0 amide bonds. The summed E-state index contributed by atoms with van der Waals surface area (Å²) in [5.74, 6) is 0. The third kappa shape index (κ3) is 18.1. The van der Waals surface area contributed by atoms with E-state index < -0.39 is 0 Å². The third-order valence-corrected chi connectivity index (χ3v) is 0.678. The molecule has 0 aromatic rings.